The van der Waals surface area contributed by atoms with Gasteiger partial charge in [0.25, 0.3) is 5.91 Å². The van der Waals surface area contributed by atoms with Crippen LogP contribution in [0.2, 0.25) is 0 Å². The summed E-state index contributed by atoms with van der Waals surface area (Å²) in [5.74, 6) is -0.0229. The van der Waals surface area contributed by atoms with Crippen LogP contribution < -0.4 is 20.1 Å². The molecule has 0 bridgehead atoms. The van der Waals surface area contributed by atoms with E-state index in [2.05, 4.69) is 26.6 Å². The summed E-state index contributed by atoms with van der Waals surface area (Å²) in [6, 6.07) is 18.3. The number of amides is 4. The molecule has 1 fully saturated rings. The summed E-state index contributed by atoms with van der Waals surface area (Å²) in [4.78, 5) is 39.1. The Morgan fingerprint density at radius 2 is 1.79 bits per heavy atom. The number of aryl methyl sites for hydroxylation is 2. The van der Waals surface area contributed by atoms with E-state index in [4.69, 9.17) is 9.47 Å². The molecule has 0 spiro atoms. The third-order valence-corrected chi connectivity index (χ3v) is 6.67. The molecule has 202 valence electrons. The minimum atomic E-state index is -0.660. The lowest BCUT2D eigenvalue weighted by molar-refractivity contribution is -0.127. The molecule has 0 aliphatic carbocycles. The number of carbonyl (C=O) groups excluding carboxylic acids is 3. The Kier molecular flexibility index (Phi) is 9.03. The lowest BCUT2D eigenvalue weighted by atomic mass is 10.1. The highest BCUT2D eigenvalue weighted by Gasteiger charge is 2.35. The third kappa shape index (κ3) is 6.86. The maximum atomic E-state index is 13.0. The van der Waals surface area contributed by atoms with E-state index < -0.39 is 24.4 Å². The summed E-state index contributed by atoms with van der Waals surface area (Å²) in [7, 11) is 0. The van der Waals surface area contributed by atoms with Crippen molar-refractivity contribution in [2.75, 3.05) is 18.5 Å². The number of urea groups is 1. The summed E-state index contributed by atoms with van der Waals surface area (Å²) in [6.07, 6.45) is 2.28. The van der Waals surface area contributed by atoms with Gasteiger partial charge in [-0.15, -0.1) is 0 Å². The molecule has 39 heavy (non-hydrogen) atoms. The topological polar surface area (TPSA) is 97.0 Å². The zero-order valence-corrected chi connectivity index (χ0v) is 23.6. The van der Waals surface area contributed by atoms with Gasteiger partial charge >= 0.3 is 6.03 Å². The summed E-state index contributed by atoms with van der Waals surface area (Å²) in [5, 5.41) is 5.35. The molecule has 3 aromatic carbocycles. The third-order valence-electron chi connectivity index (χ3n) is 6.08. The molecule has 1 aliphatic heterocycles. The van der Waals surface area contributed by atoms with Crippen molar-refractivity contribution >= 4 is 45.5 Å². The summed E-state index contributed by atoms with van der Waals surface area (Å²) >= 11 is 3.55. The number of ether oxygens (including phenoxy) is 2. The number of nitrogens with one attached hydrogen (secondary N) is 2. The van der Waals surface area contributed by atoms with E-state index >= 15 is 0 Å². The molecule has 1 aliphatic rings. The largest absolute Gasteiger partial charge is 0.490 e. The SMILES string of the molecule is CCOc1cc(/C=C2/NC(=O)N(CC(=O)Nc3ccccc3CC)C2=O)cc(Br)c1OCc1ccc(C)cc1. The number of imide groups is 1. The first-order valence-corrected chi connectivity index (χ1v) is 13.4. The Morgan fingerprint density at radius 1 is 1.05 bits per heavy atom. The second-order valence-corrected chi connectivity index (χ2v) is 9.83. The van der Waals surface area contributed by atoms with Crippen LogP contribution in [-0.2, 0) is 22.6 Å². The Balaban J connectivity index is 1.49. The van der Waals surface area contributed by atoms with E-state index in [1.807, 2.05) is 63.2 Å². The molecule has 0 aromatic heterocycles. The molecule has 0 atom stereocenters. The molecule has 9 heteroatoms. The number of halogens is 1. The van der Waals surface area contributed by atoms with Crippen LogP contribution in [0.3, 0.4) is 0 Å². The van der Waals surface area contributed by atoms with Crippen molar-refractivity contribution in [3.8, 4) is 11.5 Å². The molecule has 0 radical (unpaired) electrons. The minimum Gasteiger partial charge on any atom is -0.490 e. The van der Waals surface area contributed by atoms with Crippen molar-refractivity contribution < 1.29 is 23.9 Å². The molecule has 0 saturated carbocycles. The highest BCUT2D eigenvalue weighted by molar-refractivity contribution is 9.10. The van der Waals surface area contributed by atoms with E-state index in [1.54, 1.807) is 24.3 Å². The van der Waals surface area contributed by atoms with Crippen molar-refractivity contribution in [3.63, 3.8) is 0 Å². The molecule has 0 unspecified atom stereocenters. The number of para-hydroxylation sites is 1. The zero-order valence-electron chi connectivity index (χ0n) is 22.0. The van der Waals surface area contributed by atoms with Gasteiger partial charge in [-0.2, -0.15) is 0 Å². The van der Waals surface area contributed by atoms with Crippen molar-refractivity contribution in [1.29, 1.82) is 0 Å². The molecule has 8 nitrogen and oxygen atoms in total. The molecule has 1 heterocycles. The first-order valence-electron chi connectivity index (χ1n) is 12.7. The van der Waals surface area contributed by atoms with E-state index in [0.717, 1.165) is 22.4 Å². The number of nitrogens with zero attached hydrogens (tertiary/aromatic N) is 1. The normalized spacial score (nSPS) is 13.9. The van der Waals surface area contributed by atoms with Gasteiger partial charge < -0.3 is 20.1 Å². The van der Waals surface area contributed by atoms with Crippen LogP contribution >= 0.6 is 15.9 Å². The lowest BCUT2D eigenvalue weighted by Crippen LogP contribution is -2.38. The average Bonchev–Trinajstić information content (AvgIpc) is 3.16. The fourth-order valence-electron chi connectivity index (χ4n) is 4.08. The number of rotatable bonds is 10. The predicted octanol–water partition coefficient (Wildman–Crippen LogP) is 5.83. The molecular weight excluding hydrogens is 562 g/mol. The number of benzene rings is 3. The van der Waals surface area contributed by atoms with Crippen LogP contribution in [0.15, 0.2) is 70.8 Å². The fraction of sp³-hybridized carbons (Fsp3) is 0.233. The second-order valence-electron chi connectivity index (χ2n) is 8.98. The second kappa shape index (κ2) is 12.6. The number of hydrogen-bond acceptors (Lipinski definition) is 5. The quantitative estimate of drug-likeness (QED) is 0.228. The average molecular weight is 592 g/mol. The van der Waals surface area contributed by atoms with Gasteiger partial charge in [0.1, 0.15) is 18.8 Å². The van der Waals surface area contributed by atoms with Crippen LogP contribution in [0, 0.1) is 6.92 Å². The van der Waals surface area contributed by atoms with E-state index in [0.29, 0.717) is 40.4 Å². The molecule has 4 amide bonds. The Bertz CT molecular complexity index is 1420. The first kappa shape index (κ1) is 27.9. The van der Waals surface area contributed by atoms with Gasteiger partial charge in [-0.3, -0.25) is 9.59 Å². The monoisotopic (exact) mass is 591 g/mol. The Labute approximate surface area is 236 Å². The van der Waals surface area contributed by atoms with Gasteiger partial charge in [0, 0.05) is 5.69 Å². The van der Waals surface area contributed by atoms with Crippen molar-refractivity contribution in [2.45, 2.75) is 33.8 Å². The first-order chi connectivity index (χ1) is 18.8. The van der Waals surface area contributed by atoms with E-state index in [1.165, 1.54) is 5.56 Å². The Morgan fingerprint density at radius 3 is 2.51 bits per heavy atom. The highest BCUT2D eigenvalue weighted by Crippen LogP contribution is 2.38. The molecule has 1 saturated heterocycles. The number of hydrogen-bond donors (Lipinski definition) is 2. The van der Waals surface area contributed by atoms with Gasteiger partial charge in [-0.1, -0.05) is 55.0 Å². The van der Waals surface area contributed by atoms with Crippen LogP contribution in [0.4, 0.5) is 10.5 Å². The zero-order chi connectivity index (χ0) is 27.9. The summed E-state index contributed by atoms with van der Waals surface area (Å²) < 4.78 is 12.5. The van der Waals surface area contributed by atoms with E-state index in [9.17, 15) is 14.4 Å². The molecule has 4 rings (SSSR count). The minimum absolute atomic E-state index is 0.0597. The van der Waals surface area contributed by atoms with Gasteiger partial charge in [0.15, 0.2) is 11.5 Å². The van der Waals surface area contributed by atoms with Gasteiger partial charge in [-0.25, -0.2) is 9.69 Å². The molecule has 2 N–H and O–H groups in total. The summed E-state index contributed by atoms with van der Waals surface area (Å²) in [5.41, 5.74) is 4.48. The van der Waals surface area contributed by atoms with Crippen LogP contribution in [0.1, 0.15) is 36.1 Å². The van der Waals surface area contributed by atoms with Gasteiger partial charge in [-0.05, 0) is 77.2 Å². The molecule has 3 aromatic rings. The van der Waals surface area contributed by atoms with Crippen molar-refractivity contribution in [2.24, 2.45) is 0 Å². The number of carbonyl (C=O) groups is 3. The predicted molar refractivity (Wildman–Crippen MR) is 153 cm³/mol. The standard InChI is InChI=1S/C30H30BrN3O5/c1-4-22-8-6-7-9-24(22)32-27(35)17-34-29(36)25(33-30(34)37)15-21-14-23(31)28(26(16-21)38-5-2)39-18-20-12-10-19(3)11-13-20/h6-16H,4-5,17-18H2,1-3H3,(H,32,35)(H,33,37)/b25-15+. The van der Waals surface area contributed by atoms with Crippen LogP contribution in [0.5, 0.6) is 11.5 Å². The van der Waals surface area contributed by atoms with Crippen LogP contribution in [-0.4, -0.2) is 35.9 Å². The van der Waals surface area contributed by atoms with Crippen LogP contribution in [0.25, 0.3) is 6.08 Å². The van der Waals surface area contributed by atoms with Crippen molar-refractivity contribution in [3.05, 3.63) is 93.1 Å². The smallest absolute Gasteiger partial charge is 0.329 e. The fourth-order valence-corrected chi connectivity index (χ4v) is 4.65. The van der Waals surface area contributed by atoms with Gasteiger partial charge in [0.05, 0.1) is 11.1 Å². The van der Waals surface area contributed by atoms with Gasteiger partial charge in [0.2, 0.25) is 5.91 Å². The highest BCUT2D eigenvalue weighted by atomic mass is 79.9. The summed E-state index contributed by atoms with van der Waals surface area (Å²) in [6.45, 7) is 6.24. The molecular formula is C30H30BrN3O5. The maximum absolute atomic E-state index is 13.0. The number of anilines is 1. The maximum Gasteiger partial charge on any atom is 0.329 e. The Hall–Kier alpha value is -4.11. The van der Waals surface area contributed by atoms with E-state index in [-0.39, 0.29) is 5.70 Å². The lowest BCUT2D eigenvalue weighted by Gasteiger charge is -2.15. The van der Waals surface area contributed by atoms with Crippen molar-refractivity contribution in [1.82, 2.24) is 10.2 Å².